The average molecular weight is 445 g/mol. The van der Waals surface area contributed by atoms with Gasteiger partial charge < -0.3 is 19.5 Å². The van der Waals surface area contributed by atoms with Crippen LogP contribution >= 0.6 is 0 Å². The molecule has 1 heterocycles. The summed E-state index contributed by atoms with van der Waals surface area (Å²) in [5.74, 6) is 1.48. The molecule has 4 rings (SSSR count). The highest BCUT2D eigenvalue weighted by Crippen LogP contribution is 2.44. The van der Waals surface area contributed by atoms with Crippen molar-refractivity contribution < 1.29 is 19.0 Å². The lowest BCUT2D eigenvalue weighted by atomic mass is 10.0. The molecule has 0 fully saturated rings. The van der Waals surface area contributed by atoms with Crippen molar-refractivity contribution in [3.8, 4) is 17.2 Å². The van der Waals surface area contributed by atoms with Gasteiger partial charge in [0.2, 0.25) is 5.75 Å². The predicted molar refractivity (Wildman–Crippen MR) is 130 cm³/mol. The first-order chi connectivity index (χ1) is 15.9. The van der Waals surface area contributed by atoms with Crippen LogP contribution in [0.15, 0.2) is 72.4 Å². The predicted octanol–water partition coefficient (Wildman–Crippen LogP) is 5.41. The van der Waals surface area contributed by atoms with Gasteiger partial charge in [-0.2, -0.15) is 0 Å². The first-order valence-corrected chi connectivity index (χ1v) is 10.7. The summed E-state index contributed by atoms with van der Waals surface area (Å²) in [6, 6.07) is 19.3. The Hall–Kier alpha value is -3.93. The molecule has 1 aliphatic heterocycles. The standard InChI is InChI=1S/C27H28N2O4/c1-17-8-6-10-20(12-17)28-22-16-23(29(27(22)30)21-11-7-9-18(2)13-21)19-14-24(31-3)26(33-5)25(15-19)32-4/h6-16,23,28H,1-5H3. The van der Waals surface area contributed by atoms with Crippen molar-refractivity contribution in [1.82, 2.24) is 0 Å². The van der Waals surface area contributed by atoms with Gasteiger partial charge >= 0.3 is 0 Å². The summed E-state index contributed by atoms with van der Waals surface area (Å²) in [6.07, 6.45) is 1.94. The minimum Gasteiger partial charge on any atom is -0.493 e. The molecular formula is C27H28N2O4. The van der Waals surface area contributed by atoms with Crippen molar-refractivity contribution in [1.29, 1.82) is 0 Å². The molecular weight excluding hydrogens is 416 g/mol. The molecule has 0 radical (unpaired) electrons. The molecule has 170 valence electrons. The molecule has 33 heavy (non-hydrogen) atoms. The lowest BCUT2D eigenvalue weighted by molar-refractivity contribution is -0.114. The van der Waals surface area contributed by atoms with Crippen molar-refractivity contribution >= 4 is 17.3 Å². The Balaban J connectivity index is 1.82. The van der Waals surface area contributed by atoms with Crippen LogP contribution in [-0.2, 0) is 4.79 Å². The van der Waals surface area contributed by atoms with Crippen molar-refractivity contribution in [3.05, 3.63) is 89.1 Å². The van der Waals surface area contributed by atoms with Crippen molar-refractivity contribution in [2.75, 3.05) is 31.5 Å². The maximum absolute atomic E-state index is 13.6. The highest BCUT2D eigenvalue weighted by atomic mass is 16.5. The summed E-state index contributed by atoms with van der Waals surface area (Å²) in [6.45, 7) is 4.03. The van der Waals surface area contributed by atoms with Crippen molar-refractivity contribution in [3.63, 3.8) is 0 Å². The van der Waals surface area contributed by atoms with E-state index < -0.39 is 0 Å². The van der Waals surface area contributed by atoms with Gasteiger partial charge in [-0.1, -0.05) is 24.3 Å². The molecule has 0 aliphatic carbocycles. The van der Waals surface area contributed by atoms with Crippen LogP contribution in [0.4, 0.5) is 11.4 Å². The quantitative estimate of drug-likeness (QED) is 0.528. The van der Waals surface area contributed by atoms with E-state index in [0.29, 0.717) is 22.9 Å². The monoisotopic (exact) mass is 444 g/mol. The number of methoxy groups -OCH3 is 3. The van der Waals surface area contributed by atoms with Crippen LogP contribution in [0.3, 0.4) is 0 Å². The zero-order valence-corrected chi connectivity index (χ0v) is 19.5. The normalized spacial score (nSPS) is 15.3. The Bertz CT molecular complexity index is 1190. The molecule has 6 heteroatoms. The maximum Gasteiger partial charge on any atom is 0.275 e. The van der Waals surface area contributed by atoms with Gasteiger partial charge in [0.15, 0.2) is 11.5 Å². The smallest absolute Gasteiger partial charge is 0.275 e. The Kier molecular flexibility index (Phi) is 6.27. The first-order valence-electron chi connectivity index (χ1n) is 10.7. The molecule has 3 aromatic carbocycles. The van der Waals surface area contributed by atoms with E-state index in [4.69, 9.17) is 14.2 Å². The number of carbonyl (C=O) groups is 1. The van der Waals surface area contributed by atoms with E-state index in [-0.39, 0.29) is 11.9 Å². The largest absolute Gasteiger partial charge is 0.493 e. The summed E-state index contributed by atoms with van der Waals surface area (Å²) in [4.78, 5) is 15.4. The van der Waals surface area contributed by atoms with E-state index in [1.165, 1.54) is 0 Å². The van der Waals surface area contributed by atoms with Crippen molar-refractivity contribution in [2.24, 2.45) is 0 Å². The van der Waals surface area contributed by atoms with Gasteiger partial charge in [0.1, 0.15) is 5.70 Å². The maximum atomic E-state index is 13.6. The van der Waals surface area contributed by atoms with E-state index in [1.807, 2.05) is 80.6 Å². The van der Waals surface area contributed by atoms with E-state index in [1.54, 1.807) is 26.2 Å². The topological polar surface area (TPSA) is 60.0 Å². The molecule has 0 aromatic heterocycles. The summed E-state index contributed by atoms with van der Waals surface area (Å²) >= 11 is 0. The summed E-state index contributed by atoms with van der Waals surface area (Å²) < 4.78 is 16.6. The highest BCUT2D eigenvalue weighted by molar-refractivity contribution is 6.11. The molecule has 3 aromatic rings. The number of aryl methyl sites for hydroxylation is 2. The second kappa shape index (κ2) is 9.28. The van der Waals surface area contributed by atoms with Crippen LogP contribution in [-0.4, -0.2) is 27.2 Å². The number of ether oxygens (including phenoxy) is 3. The van der Waals surface area contributed by atoms with Crippen LogP contribution in [0.5, 0.6) is 17.2 Å². The molecule has 1 atom stereocenters. The fourth-order valence-electron chi connectivity index (χ4n) is 4.11. The molecule has 0 spiro atoms. The van der Waals surface area contributed by atoms with Crippen LogP contribution in [0.1, 0.15) is 22.7 Å². The molecule has 1 unspecified atom stereocenters. The zero-order chi connectivity index (χ0) is 23.5. The number of hydrogen-bond donors (Lipinski definition) is 1. The van der Waals surface area contributed by atoms with Gasteiger partial charge in [-0.05, 0) is 73.0 Å². The zero-order valence-electron chi connectivity index (χ0n) is 19.5. The number of benzene rings is 3. The van der Waals surface area contributed by atoms with Crippen LogP contribution in [0.2, 0.25) is 0 Å². The number of rotatable bonds is 7. The van der Waals surface area contributed by atoms with Gasteiger partial charge in [0.05, 0.1) is 27.4 Å². The number of hydrogen-bond acceptors (Lipinski definition) is 5. The number of carbonyl (C=O) groups excluding carboxylic acids is 1. The summed E-state index contributed by atoms with van der Waals surface area (Å²) in [5, 5.41) is 3.31. The third kappa shape index (κ3) is 4.37. The van der Waals surface area contributed by atoms with Gasteiger partial charge in [-0.25, -0.2) is 0 Å². The second-order valence-electron chi connectivity index (χ2n) is 7.99. The van der Waals surface area contributed by atoms with E-state index in [2.05, 4.69) is 5.32 Å². The molecule has 0 bridgehead atoms. The van der Waals surface area contributed by atoms with Gasteiger partial charge in [0, 0.05) is 11.4 Å². The number of nitrogens with zero attached hydrogens (tertiary/aromatic N) is 1. The summed E-state index contributed by atoms with van der Waals surface area (Å²) in [5.41, 5.74) is 5.23. The minimum absolute atomic E-state index is 0.110. The Morgan fingerprint density at radius 2 is 1.45 bits per heavy atom. The lowest BCUT2D eigenvalue weighted by Crippen LogP contribution is -2.30. The van der Waals surface area contributed by atoms with Gasteiger partial charge in [0.25, 0.3) is 5.91 Å². The molecule has 1 aliphatic rings. The fourth-order valence-corrected chi connectivity index (χ4v) is 4.11. The van der Waals surface area contributed by atoms with E-state index in [0.717, 1.165) is 28.1 Å². The number of nitrogens with one attached hydrogen (secondary N) is 1. The third-order valence-corrected chi connectivity index (χ3v) is 5.66. The fraction of sp³-hybridized carbons (Fsp3) is 0.222. The SMILES string of the molecule is COc1cc(C2C=C(Nc3cccc(C)c3)C(=O)N2c2cccc(C)c2)cc(OC)c1OC. The number of amides is 1. The first kappa shape index (κ1) is 22.3. The second-order valence-corrected chi connectivity index (χ2v) is 7.99. The Morgan fingerprint density at radius 3 is 2.03 bits per heavy atom. The highest BCUT2D eigenvalue weighted by Gasteiger charge is 2.36. The van der Waals surface area contributed by atoms with Crippen LogP contribution < -0.4 is 24.4 Å². The lowest BCUT2D eigenvalue weighted by Gasteiger charge is -2.26. The Morgan fingerprint density at radius 1 is 0.818 bits per heavy atom. The van der Waals surface area contributed by atoms with E-state index >= 15 is 0 Å². The molecule has 1 amide bonds. The number of anilines is 2. The van der Waals surface area contributed by atoms with E-state index in [9.17, 15) is 4.79 Å². The molecule has 0 saturated carbocycles. The van der Waals surface area contributed by atoms with Crippen LogP contribution in [0, 0.1) is 13.8 Å². The third-order valence-electron chi connectivity index (χ3n) is 5.66. The van der Waals surface area contributed by atoms with Gasteiger partial charge in [-0.15, -0.1) is 0 Å². The average Bonchev–Trinajstić information content (AvgIpc) is 3.13. The minimum atomic E-state index is -0.361. The summed E-state index contributed by atoms with van der Waals surface area (Å²) in [7, 11) is 4.74. The van der Waals surface area contributed by atoms with Crippen LogP contribution in [0.25, 0.3) is 0 Å². The van der Waals surface area contributed by atoms with Gasteiger partial charge in [-0.3, -0.25) is 9.69 Å². The van der Waals surface area contributed by atoms with Crippen molar-refractivity contribution in [2.45, 2.75) is 19.9 Å². The Labute approximate surface area is 194 Å². The molecule has 0 saturated heterocycles. The molecule has 6 nitrogen and oxygen atoms in total. The molecule has 1 N–H and O–H groups in total.